The van der Waals surface area contributed by atoms with Crippen molar-refractivity contribution < 1.29 is 4.79 Å². The zero-order chi connectivity index (χ0) is 15.8. The molecule has 112 valence electrons. The molecule has 2 aromatic heterocycles. The number of carbonyl (C=O) groups excluding carboxylic acids is 1. The van der Waals surface area contributed by atoms with Gasteiger partial charge in [-0.2, -0.15) is 0 Å². The molecular weight excluding hydrogens is 356 g/mol. The molecule has 0 bridgehead atoms. The Morgan fingerprint density at radius 2 is 2.09 bits per heavy atom. The van der Waals surface area contributed by atoms with E-state index < -0.39 is 0 Å². The van der Waals surface area contributed by atoms with Crippen LogP contribution >= 0.6 is 15.9 Å². The van der Waals surface area contributed by atoms with Crippen molar-refractivity contribution in [1.82, 2.24) is 9.97 Å². The molecule has 1 aliphatic rings. The summed E-state index contributed by atoms with van der Waals surface area (Å²) in [5.41, 5.74) is 3.16. The molecule has 0 atom stereocenters. The van der Waals surface area contributed by atoms with E-state index >= 15 is 0 Å². The molecule has 1 aliphatic heterocycles. The van der Waals surface area contributed by atoms with Gasteiger partial charge < -0.3 is 10.6 Å². The van der Waals surface area contributed by atoms with E-state index in [1.165, 1.54) is 0 Å². The number of nitrogens with one attached hydrogen (secondary N) is 2. The van der Waals surface area contributed by atoms with E-state index in [9.17, 15) is 4.79 Å². The molecule has 3 heterocycles. The Hall–Kier alpha value is -2.73. The minimum absolute atomic E-state index is 0.166. The second-order valence-corrected chi connectivity index (χ2v) is 6.03. The van der Waals surface area contributed by atoms with Crippen LogP contribution in [0.25, 0.3) is 16.5 Å². The van der Waals surface area contributed by atoms with Crippen molar-refractivity contribution in [3.05, 3.63) is 65.0 Å². The lowest BCUT2D eigenvalue weighted by atomic mass is 10.1. The van der Waals surface area contributed by atoms with Crippen LogP contribution in [0.4, 0.5) is 11.5 Å². The predicted molar refractivity (Wildman–Crippen MR) is 93.9 cm³/mol. The van der Waals surface area contributed by atoms with Gasteiger partial charge in [-0.25, -0.2) is 4.98 Å². The minimum atomic E-state index is -0.166. The smallest absolute Gasteiger partial charge is 0.259 e. The van der Waals surface area contributed by atoms with E-state index in [1.54, 1.807) is 18.6 Å². The molecule has 2 N–H and O–H groups in total. The predicted octanol–water partition coefficient (Wildman–Crippen LogP) is 3.80. The largest absolute Gasteiger partial charge is 0.361 e. The molecule has 4 rings (SSSR count). The highest BCUT2D eigenvalue weighted by atomic mass is 79.9. The number of anilines is 2. The topological polar surface area (TPSA) is 66.9 Å². The number of aromatic nitrogens is 2. The number of hydrogen-bond acceptors (Lipinski definition) is 4. The first-order chi connectivity index (χ1) is 11.2. The van der Waals surface area contributed by atoms with Gasteiger partial charge in [-0.1, -0.05) is 6.07 Å². The Morgan fingerprint density at radius 1 is 1.17 bits per heavy atom. The van der Waals surface area contributed by atoms with Crippen LogP contribution in [0.2, 0.25) is 0 Å². The minimum Gasteiger partial charge on any atom is -0.361 e. The van der Waals surface area contributed by atoms with Gasteiger partial charge in [0.15, 0.2) is 0 Å². The summed E-state index contributed by atoms with van der Waals surface area (Å²) in [5, 5.41) is 6.97. The zero-order valence-electron chi connectivity index (χ0n) is 11.9. The number of nitrogens with zero attached hydrogens (tertiary/aromatic N) is 2. The second-order valence-electron chi connectivity index (χ2n) is 5.12. The number of rotatable bonds is 2. The fourth-order valence-corrected chi connectivity index (χ4v) is 2.84. The van der Waals surface area contributed by atoms with Crippen molar-refractivity contribution in [3.63, 3.8) is 0 Å². The van der Waals surface area contributed by atoms with Gasteiger partial charge in [0.1, 0.15) is 5.82 Å². The van der Waals surface area contributed by atoms with Crippen molar-refractivity contribution in [1.29, 1.82) is 0 Å². The molecule has 23 heavy (non-hydrogen) atoms. The van der Waals surface area contributed by atoms with Crippen LogP contribution in [-0.4, -0.2) is 15.9 Å². The van der Waals surface area contributed by atoms with Crippen molar-refractivity contribution in [3.8, 4) is 0 Å². The lowest BCUT2D eigenvalue weighted by molar-refractivity contribution is -0.110. The number of halogens is 1. The highest BCUT2D eigenvalue weighted by molar-refractivity contribution is 9.10. The van der Waals surface area contributed by atoms with Crippen molar-refractivity contribution in [2.24, 2.45) is 0 Å². The van der Waals surface area contributed by atoms with Gasteiger partial charge in [0, 0.05) is 39.7 Å². The maximum atomic E-state index is 12.1. The van der Waals surface area contributed by atoms with Gasteiger partial charge in [-0.05, 0) is 46.3 Å². The van der Waals surface area contributed by atoms with Crippen LogP contribution in [0.15, 0.2) is 59.5 Å². The van der Waals surface area contributed by atoms with Crippen molar-refractivity contribution in [2.75, 3.05) is 10.6 Å². The molecule has 5 nitrogen and oxygen atoms in total. The SMILES string of the molecule is O=C1Nc2ncc(Br)cc2/C1=C/Nc1ccc2ncccc2c1. The van der Waals surface area contributed by atoms with Crippen molar-refractivity contribution >= 4 is 49.8 Å². The summed E-state index contributed by atoms with van der Waals surface area (Å²) < 4.78 is 0.829. The van der Waals surface area contributed by atoms with Crippen LogP contribution in [-0.2, 0) is 4.79 Å². The van der Waals surface area contributed by atoms with Gasteiger partial charge in [0.05, 0.1) is 11.1 Å². The molecular formula is C17H11BrN4O. The summed E-state index contributed by atoms with van der Waals surface area (Å²) in [6.45, 7) is 0. The number of pyridine rings is 2. The summed E-state index contributed by atoms with van der Waals surface area (Å²) in [5.74, 6) is 0.412. The summed E-state index contributed by atoms with van der Waals surface area (Å²) in [4.78, 5) is 20.6. The first-order valence-electron chi connectivity index (χ1n) is 6.99. The Kier molecular flexibility index (Phi) is 3.31. The third-order valence-electron chi connectivity index (χ3n) is 3.61. The molecule has 0 radical (unpaired) electrons. The number of hydrogen-bond donors (Lipinski definition) is 2. The maximum absolute atomic E-state index is 12.1. The van der Waals surface area contributed by atoms with Gasteiger partial charge in [0.25, 0.3) is 5.91 Å². The summed E-state index contributed by atoms with van der Waals surface area (Å²) in [6, 6.07) is 11.6. The molecule has 0 saturated heterocycles. The second kappa shape index (κ2) is 5.48. The number of amides is 1. The molecule has 0 fully saturated rings. The standard InChI is InChI=1S/C17H11BrN4O/c18-11-7-13-14(17(23)22-16(13)21-8-11)9-20-12-3-4-15-10(6-12)2-1-5-19-15/h1-9,20H,(H,21,22,23)/b14-9-. The Labute approximate surface area is 140 Å². The molecule has 1 amide bonds. The number of benzene rings is 1. The fraction of sp³-hybridized carbons (Fsp3) is 0. The third-order valence-corrected chi connectivity index (χ3v) is 4.04. The van der Waals surface area contributed by atoms with E-state index in [1.807, 2.05) is 36.4 Å². The van der Waals surface area contributed by atoms with E-state index in [0.29, 0.717) is 11.4 Å². The van der Waals surface area contributed by atoms with Crippen LogP contribution in [0, 0.1) is 0 Å². The first kappa shape index (κ1) is 13.9. The maximum Gasteiger partial charge on any atom is 0.259 e. The quantitative estimate of drug-likeness (QED) is 0.677. The van der Waals surface area contributed by atoms with Gasteiger partial charge in [0.2, 0.25) is 0 Å². The molecule has 1 aromatic carbocycles. The molecule has 0 unspecified atom stereocenters. The number of carbonyl (C=O) groups is 1. The van der Waals surface area contributed by atoms with E-state index in [0.717, 1.165) is 26.6 Å². The van der Waals surface area contributed by atoms with Crippen LogP contribution in [0.5, 0.6) is 0 Å². The van der Waals surface area contributed by atoms with Gasteiger partial charge >= 0.3 is 0 Å². The summed E-state index contributed by atoms with van der Waals surface area (Å²) in [7, 11) is 0. The van der Waals surface area contributed by atoms with Crippen LogP contribution in [0.3, 0.4) is 0 Å². The zero-order valence-corrected chi connectivity index (χ0v) is 13.5. The Bertz CT molecular complexity index is 968. The molecule has 0 saturated carbocycles. The Morgan fingerprint density at radius 3 is 3.00 bits per heavy atom. The van der Waals surface area contributed by atoms with Crippen LogP contribution in [0.1, 0.15) is 5.56 Å². The van der Waals surface area contributed by atoms with E-state index in [-0.39, 0.29) is 5.91 Å². The monoisotopic (exact) mass is 366 g/mol. The molecule has 0 aliphatic carbocycles. The Balaban J connectivity index is 1.68. The first-order valence-corrected chi connectivity index (χ1v) is 7.79. The van der Waals surface area contributed by atoms with Gasteiger partial charge in [-0.15, -0.1) is 0 Å². The van der Waals surface area contributed by atoms with Crippen molar-refractivity contribution in [2.45, 2.75) is 0 Å². The normalized spacial score (nSPS) is 14.8. The lowest BCUT2D eigenvalue weighted by Crippen LogP contribution is -2.05. The van der Waals surface area contributed by atoms with Crippen LogP contribution < -0.4 is 10.6 Å². The van der Waals surface area contributed by atoms with Gasteiger partial charge in [-0.3, -0.25) is 9.78 Å². The van der Waals surface area contributed by atoms with E-state index in [4.69, 9.17) is 0 Å². The average Bonchev–Trinajstić information content (AvgIpc) is 2.87. The summed E-state index contributed by atoms with van der Waals surface area (Å²) >= 11 is 3.38. The molecule has 6 heteroatoms. The summed E-state index contributed by atoms with van der Waals surface area (Å²) in [6.07, 6.45) is 5.13. The lowest BCUT2D eigenvalue weighted by Gasteiger charge is -2.04. The highest BCUT2D eigenvalue weighted by Gasteiger charge is 2.25. The number of fused-ring (bicyclic) bond motifs is 2. The third kappa shape index (κ3) is 2.57. The fourth-order valence-electron chi connectivity index (χ4n) is 2.51. The average molecular weight is 367 g/mol. The molecule has 3 aromatic rings. The van der Waals surface area contributed by atoms with E-state index in [2.05, 4.69) is 36.5 Å². The molecule has 0 spiro atoms. The highest BCUT2D eigenvalue weighted by Crippen LogP contribution is 2.31.